The molecule has 0 spiro atoms. The van der Waals surface area contributed by atoms with E-state index in [2.05, 4.69) is 14.9 Å². The lowest BCUT2D eigenvalue weighted by Gasteiger charge is -2.41. The fourth-order valence-corrected chi connectivity index (χ4v) is 3.64. The summed E-state index contributed by atoms with van der Waals surface area (Å²) >= 11 is 0. The molecule has 1 amide bonds. The molecule has 4 rings (SSSR count). The van der Waals surface area contributed by atoms with Gasteiger partial charge in [0.15, 0.2) is 0 Å². The average Bonchev–Trinajstić information content (AvgIpc) is 2.70. The maximum Gasteiger partial charge on any atom is 0.233 e. The summed E-state index contributed by atoms with van der Waals surface area (Å²) in [6.07, 6.45) is 1.60. The Labute approximate surface area is 165 Å². The van der Waals surface area contributed by atoms with Gasteiger partial charge in [0.05, 0.1) is 11.6 Å². The van der Waals surface area contributed by atoms with Gasteiger partial charge in [-0.2, -0.15) is 0 Å². The summed E-state index contributed by atoms with van der Waals surface area (Å²) in [5, 5.41) is 0. The third kappa shape index (κ3) is 3.48. The van der Waals surface area contributed by atoms with Crippen LogP contribution in [0.15, 0.2) is 67.0 Å². The van der Waals surface area contributed by atoms with Gasteiger partial charge < -0.3 is 9.80 Å². The van der Waals surface area contributed by atoms with Crippen LogP contribution in [-0.2, 0) is 4.79 Å². The molecule has 0 bridgehead atoms. The molecular weight excluding hydrogens is 348 g/mol. The van der Waals surface area contributed by atoms with Crippen LogP contribution in [0.2, 0.25) is 0 Å². The first-order valence-corrected chi connectivity index (χ1v) is 9.66. The Kier molecular flexibility index (Phi) is 5.06. The third-order valence-electron chi connectivity index (χ3n) is 5.27. The van der Waals surface area contributed by atoms with Crippen LogP contribution < -0.4 is 9.80 Å². The molecule has 1 saturated heterocycles. The number of hydrogen-bond donors (Lipinski definition) is 0. The average molecular weight is 372 g/mol. The summed E-state index contributed by atoms with van der Waals surface area (Å²) in [5.41, 5.74) is 4.09. The number of para-hydroxylation sites is 1. The highest BCUT2D eigenvalue weighted by Crippen LogP contribution is 2.29. The van der Waals surface area contributed by atoms with Crippen molar-refractivity contribution in [2.75, 3.05) is 29.4 Å². The summed E-state index contributed by atoms with van der Waals surface area (Å²) in [6, 6.07) is 20.1. The maximum absolute atomic E-state index is 13.0. The van der Waals surface area contributed by atoms with E-state index in [-0.39, 0.29) is 11.8 Å². The Bertz CT molecular complexity index is 967. The number of rotatable bonds is 5. The van der Waals surface area contributed by atoms with Gasteiger partial charge in [-0.3, -0.25) is 4.79 Å². The van der Waals surface area contributed by atoms with E-state index in [0.717, 1.165) is 28.3 Å². The van der Waals surface area contributed by atoms with E-state index in [0.29, 0.717) is 19.6 Å². The number of benzene rings is 2. The highest BCUT2D eigenvalue weighted by molar-refractivity contribution is 5.97. The Morgan fingerprint density at radius 1 is 1.07 bits per heavy atom. The summed E-state index contributed by atoms with van der Waals surface area (Å²) < 4.78 is 0. The fraction of sp³-hybridized carbons (Fsp3) is 0.261. The van der Waals surface area contributed by atoms with Crippen molar-refractivity contribution in [3.63, 3.8) is 0 Å². The number of hydrogen-bond acceptors (Lipinski definition) is 4. The minimum atomic E-state index is -0.00491. The lowest BCUT2D eigenvalue weighted by atomic mass is 9.97. The van der Waals surface area contributed by atoms with E-state index in [9.17, 15) is 4.79 Å². The molecule has 1 aromatic heterocycles. The highest BCUT2D eigenvalue weighted by Gasteiger charge is 2.36. The topological polar surface area (TPSA) is 49.3 Å². The predicted molar refractivity (Wildman–Crippen MR) is 112 cm³/mol. The fourth-order valence-electron chi connectivity index (χ4n) is 3.64. The maximum atomic E-state index is 13.0. The number of carbonyl (C=O) groups excluding carboxylic acids is 1. The zero-order chi connectivity index (χ0) is 19.5. The number of nitrogens with zero attached hydrogens (tertiary/aromatic N) is 4. The Morgan fingerprint density at radius 3 is 2.50 bits per heavy atom. The van der Waals surface area contributed by atoms with Gasteiger partial charge in [0.2, 0.25) is 5.91 Å². The van der Waals surface area contributed by atoms with E-state index in [1.807, 2.05) is 79.4 Å². The minimum Gasteiger partial charge on any atom is -0.355 e. The van der Waals surface area contributed by atoms with Gasteiger partial charge in [0, 0.05) is 37.0 Å². The number of carbonyl (C=O) groups is 1. The second-order valence-corrected chi connectivity index (χ2v) is 7.10. The molecule has 1 aliphatic rings. The Morgan fingerprint density at radius 2 is 1.79 bits per heavy atom. The Hall–Kier alpha value is -3.21. The van der Waals surface area contributed by atoms with Crippen LogP contribution >= 0.6 is 0 Å². The molecule has 142 valence electrons. The van der Waals surface area contributed by atoms with Crippen molar-refractivity contribution < 1.29 is 4.79 Å². The van der Waals surface area contributed by atoms with Crippen LogP contribution in [-0.4, -0.2) is 35.5 Å². The van der Waals surface area contributed by atoms with Gasteiger partial charge in [0.1, 0.15) is 12.1 Å². The quantitative estimate of drug-likeness (QED) is 0.681. The molecule has 2 aromatic carbocycles. The summed E-state index contributed by atoms with van der Waals surface area (Å²) in [5.74, 6) is 1.05. The van der Waals surface area contributed by atoms with Gasteiger partial charge in [-0.05, 0) is 25.5 Å². The zero-order valence-corrected chi connectivity index (χ0v) is 16.2. The Balaban J connectivity index is 1.46. The van der Waals surface area contributed by atoms with Crippen molar-refractivity contribution in [3.8, 4) is 11.3 Å². The molecule has 0 aliphatic carbocycles. The molecule has 0 N–H and O–H groups in total. The molecular formula is C23H24N4O. The number of aryl methyl sites for hydroxylation is 1. The van der Waals surface area contributed by atoms with Crippen molar-refractivity contribution in [3.05, 3.63) is 72.6 Å². The highest BCUT2D eigenvalue weighted by atomic mass is 16.2. The van der Waals surface area contributed by atoms with Crippen LogP contribution in [0.25, 0.3) is 11.3 Å². The first-order chi connectivity index (χ1) is 13.7. The SMILES string of the molecule is CCN(C(=O)C1CN(c2cc(-c3ccccc3)ncn2)C1)c1ccccc1C. The molecule has 1 fully saturated rings. The minimum absolute atomic E-state index is 0.00491. The summed E-state index contributed by atoms with van der Waals surface area (Å²) in [6.45, 7) is 6.12. The largest absolute Gasteiger partial charge is 0.355 e. The third-order valence-corrected chi connectivity index (χ3v) is 5.27. The summed E-state index contributed by atoms with van der Waals surface area (Å²) in [7, 11) is 0. The lowest BCUT2D eigenvalue weighted by molar-refractivity contribution is -0.123. The standard InChI is InChI=1S/C23H24N4O/c1-3-27(21-12-8-7-9-17(21)2)23(28)19-14-26(15-19)22-13-20(24-16-25-22)18-10-5-4-6-11-18/h4-13,16,19H,3,14-15H2,1-2H3. The van der Waals surface area contributed by atoms with Crippen molar-refractivity contribution in [1.29, 1.82) is 0 Å². The molecule has 28 heavy (non-hydrogen) atoms. The van der Waals surface area contributed by atoms with Gasteiger partial charge in [-0.15, -0.1) is 0 Å². The summed E-state index contributed by atoms with van der Waals surface area (Å²) in [4.78, 5) is 25.9. The molecule has 5 nitrogen and oxygen atoms in total. The van der Waals surface area contributed by atoms with Crippen molar-refractivity contribution in [2.24, 2.45) is 5.92 Å². The second kappa shape index (κ2) is 7.80. The predicted octanol–water partition coefficient (Wildman–Crippen LogP) is 3.94. The van der Waals surface area contributed by atoms with Crippen LogP contribution in [0, 0.1) is 12.8 Å². The van der Waals surface area contributed by atoms with E-state index in [1.54, 1.807) is 6.33 Å². The van der Waals surface area contributed by atoms with Crippen LogP contribution in [0.1, 0.15) is 12.5 Å². The van der Waals surface area contributed by atoms with Crippen molar-refractivity contribution in [1.82, 2.24) is 9.97 Å². The van der Waals surface area contributed by atoms with Crippen LogP contribution in [0.5, 0.6) is 0 Å². The van der Waals surface area contributed by atoms with Crippen LogP contribution in [0.3, 0.4) is 0 Å². The molecule has 0 saturated carbocycles. The molecule has 2 heterocycles. The van der Waals surface area contributed by atoms with E-state index in [1.165, 1.54) is 0 Å². The molecule has 0 unspecified atom stereocenters. The number of anilines is 2. The number of aromatic nitrogens is 2. The van der Waals surface area contributed by atoms with Gasteiger partial charge in [-0.1, -0.05) is 48.5 Å². The molecule has 0 atom stereocenters. The van der Waals surface area contributed by atoms with Gasteiger partial charge >= 0.3 is 0 Å². The van der Waals surface area contributed by atoms with E-state index in [4.69, 9.17) is 0 Å². The number of amides is 1. The van der Waals surface area contributed by atoms with Crippen molar-refractivity contribution >= 4 is 17.4 Å². The normalized spacial score (nSPS) is 13.9. The van der Waals surface area contributed by atoms with Crippen molar-refractivity contribution in [2.45, 2.75) is 13.8 Å². The van der Waals surface area contributed by atoms with E-state index < -0.39 is 0 Å². The smallest absolute Gasteiger partial charge is 0.233 e. The molecule has 3 aromatic rings. The zero-order valence-electron chi connectivity index (χ0n) is 16.2. The first kappa shape index (κ1) is 18.2. The lowest BCUT2D eigenvalue weighted by Crippen LogP contribution is -2.55. The monoisotopic (exact) mass is 372 g/mol. The first-order valence-electron chi connectivity index (χ1n) is 9.66. The molecule has 5 heteroatoms. The van der Waals surface area contributed by atoms with E-state index >= 15 is 0 Å². The molecule has 1 aliphatic heterocycles. The second-order valence-electron chi connectivity index (χ2n) is 7.10. The van der Waals surface area contributed by atoms with Gasteiger partial charge in [0.25, 0.3) is 0 Å². The molecule has 0 radical (unpaired) electrons. The van der Waals surface area contributed by atoms with Gasteiger partial charge in [-0.25, -0.2) is 9.97 Å². The van der Waals surface area contributed by atoms with Crippen LogP contribution in [0.4, 0.5) is 11.5 Å².